The van der Waals surface area contributed by atoms with Gasteiger partial charge in [-0.1, -0.05) is 18.1 Å². The standard InChI is InChI=1S/C26H21FN4O3.C7H12FN/c1-3-14-5-4-6-15-9-16(32)10-19(21(14)15)23-22(27)24-20(11-28-23)25(30-26(29-24)33-2)31-12-17-7-8-18(13-31)34-17;8-6-4-7-2-1-3-9(7)5-6/h1,4-6,9-11,17-18,32H,7-8,12-13H2,2H3;6-7H,1-5H2. The maximum atomic E-state index is 16.1. The van der Waals surface area contributed by atoms with E-state index in [1.807, 2.05) is 6.07 Å². The average Bonchev–Trinajstić information content (AvgIpc) is 3.70. The first kappa shape index (κ1) is 27.7. The van der Waals surface area contributed by atoms with Gasteiger partial charge in [-0.05, 0) is 62.2 Å². The van der Waals surface area contributed by atoms with Crippen LogP contribution < -0.4 is 9.64 Å². The van der Waals surface area contributed by atoms with Gasteiger partial charge in [-0.25, -0.2) is 8.78 Å². The largest absolute Gasteiger partial charge is 0.508 e. The molecule has 4 aliphatic heterocycles. The summed E-state index contributed by atoms with van der Waals surface area (Å²) in [6.45, 7) is 3.19. The Morgan fingerprint density at radius 3 is 2.67 bits per heavy atom. The van der Waals surface area contributed by atoms with Gasteiger partial charge in [0.2, 0.25) is 0 Å². The minimum Gasteiger partial charge on any atom is -0.508 e. The van der Waals surface area contributed by atoms with Crippen LogP contribution in [0.3, 0.4) is 0 Å². The number of fused-ring (bicyclic) bond motifs is 5. The maximum absolute atomic E-state index is 16.1. The molecular weight excluding hydrogens is 552 g/mol. The van der Waals surface area contributed by atoms with Crippen LogP contribution in [0, 0.1) is 18.2 Å². The molecule has 0 spiro atoms. The highest BCUT2D eigenvalue weighted by atomic mass is 19.1. The Hall–Kier alpha value is -4.07. The molecule has 8 rings (SSSR count). The third-order valence-electron chi connectivity index (χ3n) is 9.00. The Labute approximate surface area is 248 Å². The Morgan fingerprint density at radius 2 is 1.93 bits per heavy atom. The van der Waals surface area contributed by atoms with Gasteiger partial charge in [0.05, 0.1) is 24.7 Å². The second-order valence-electron chi connectivity index (χ2n) is 11.7. The molecule has 0 aliphatic carbocycles. The number of terminal acetylenes is 1. The number of rotatable bonds is 3. The van der Waals surface area contributed by atoms with Gasteiger partial charge in [-0.2, -0.15) is 9.97 Å². The number of alkyl halides is 1. The summed E-state index contributed by atoms with van der Waals surface area (Å²) in [7, 11) is 1.45. The molecule has 2 bridgehead atoms. The Bertz CT molecular complexity index is 1720. The van der Waals surface area contributed by atoms with Crippen molar-refractivity contribution in [2.24, 2.45) is 0 Å². The number of phenols is 1. The van der Waals surface area contributed by atoms with Crippen LogP contribution in [0.5, 0.6) is 11.8 Å². The van der Waals surface area contributed by atoms with Gasteiger partial charge in [0.1, 0.15) is 28.9 Å². The Morgan fingerprint density at radius 1 is 1.12 bits per heavy atom. The van der Waals surface area contributed by atoms with Crippen LogP contribution in [-0.2, 0) is 4.74 Å². The highest BCUT2D eigenvalue weighted by molar-refractivity contribution is 6.02. The first-order valence-corrected chi connectivity index (χ1v) is 14.8. The number of hydrogen-bond donors (Lipinski definition) is 1. The number of nitrogens with zero attached hydrogens (tertiary/aromatic N) is 5. The molecule has 4 saturated heterocycles. The van der Waals surface area contributed by atoms with E-state index < -0.39 is 12.0 Å². The van der Waals surface area contributed by atoms with Crippen molar-refractivity contribution >= 4 is 27.5 Å². The molecule has 4 atom stereocenters. The van der Waals surface area contributed by atoms with Crippen LogP contribution >= 0.6 is 0 Å². The average molecular weight is 586 g/mol. The summed E-state index contributed by atoms with van der Waals surface area (Å²) in [5, 5.41) is 12.1. The number of benzene rings is 2. The molecule has 4 unspecified atom stereocenters. The molecule has 4 aliphatic rings. The van der Waals surface area contributed by atoms with Gasteiger partial charge in [0.15, 0.2) is 5.82 Å². The van der Waals surface area contributed by atoms with E-state index in [2.05, 4.69) is 30.7 Å². The number of morpholine rings is 1. The van der Waals surface area contributed by atoms with Crippen molar-refractivity contribution in [2.45, 2.75) is 56.5 Å². The second kappa shape index (κ2) is 11.2. The zero-order valence-corrected chi connectivity index (χ0v) is 24.0. The zero-order valence-electron chi connectivity index (χ0n) is 24.0. The van der Waals surface area contributed by atoms with E-state index in [4.69, 9.17) is 15.9 Å². The lowest BCUT2D eigenvalue weighted by Gasteiger charge is -2.33. The molecule has 0 amide bonds. The minimum absolute atomic E-state index is 0.0114. The number of halogens is 2. The van der Waals surface area contributed by atoms with Crippen molar-refractivity contribution in [1.29, 1.82) is 0 Å². The smallest absolute Gasteiger partial charge is 0.318 e. The van der Waals surface area contributed by atoms with Gasteiger partial charge < -0.3 is 19.5 Å². The molecule has 4 aromatic rings. The number of anilines is 1. The molecule has 2 aromatic heterocycles. The second-order valence-corrected chi connectivity index (χ2v) is 11.7. The van der Waals surface area contributed by atoms with Crippen molar-refractivity contribution in [3.63, 3.8) is 0 Å². The van der Waals surface area contributed by atoms with E-state index in [0.717, 1.165) is 25.8 Å². The van der Waals surface area contributed by atoms with Crippen LogP contribution in [0.25, 0.3) is 32.9 Å². The van der Waals surface area contributed by atoms with E-state index in [-0.39, 0.29) is 35.2 Å². The summed E-state index contributed by atoms with van der Waals surface area (Å²) in [5.41, 5.74) is 1.12. The quantitative estimate of drug-likeness (QED) is 0.327. The van der Waals surface area contributed by atoms with Gasteiger partial charge in [0.25, 0.3) is 0 Å². The molecule has 10 heteroatoms. The fraction of sp³-hybridized carbons (Fsp3) is 0.424. The lowest BCUT2D eigenvalue weighted by molar-refractivity contribution is 0.0303. The molecule has 0 saturated carbocycles. The molecule has 222 valence electrons. The topological polar surface area (TPSA) is 83.8 Å². The molecule has 4 fully saturated rings. The summed E-state index contributed by atoms with van der Waals surface area (Å²) in [6.07, 6.45) is 12.4. The predicted octanol–water partition coefficient (Wildman–Crippen LogP) is 5.24. The van der Waals surface area contributed by atoms with E-state index in [0.29, 0.717) is 58.8 Å². The van der Waals surface area contributed by atoms with Crippen molar-refractivity contribution in [3.05, 3.63) is 47.9 Å². The van der Waals surface area contributed by atoms with Crippen LogP contribution in [0.1, 0.15) is 37.7 Å². The van der Waals surface area contributed by atoms with Gasteiger partial charge in [-0.3, -0.25) is 9.88 Å². The minimum atomic E-state index is -0.630. The van der Waals surface area contributed by atoms with E-state index >= 15 is 4.39 Å². The number of aromatic nitrogens is 3. The van der Waals surface area contributed by atoms with Crippen molar-refractivity contribution in [2.75, 3.05) is 38.2 Å². The molecule has 8 nitrogen and oxygen atoms in total. The molecular formula is C33H33F2N5O3. The van der Waals surface area contributed by atoms with Crippen molar-refractivity contribution in [3.8, 4) is 35.4 Å². The van der Waals surface area contributed by atoms with E-state index in [9.17, 15) is 9.50 Å². The molecule has 43 heavy (non-hydrogen) atoms. The van der Waals surface area contributed by atoms with E-state index in [1.165, 1.54) is 26.0 Å². The molecule has 2 aromatic carbocycles. The molecule has 1 N–H and O–H groups in total. The summed E-state index contributed by atoms with van der Waals surface area (Å²) >= 11 is 0. The van der Waals surface area contributed by atoms with Crippen molar-refractivity contribution in [1.82, 2.24) is 19.9 Å². The van der Waals surface area contributed by atoms with Crippen LogP contribution in [0.4, 0.5) is 14.6 Å². The van der Waals surface area contributed by atoms with Crippen molar-refractivity contribution < 1.29 is 23.4 Å². The van der Waals surface area contributed by atoms with Crippen LogP contribution in [0.15, 0.2) is 36.5 Å². The number of hydrogen-bond acceptors (Lipinski definition) is 8. The van der Waals surface area contributed by atoms with Crippen LogP contribution in [0.2, 0.25) is 0 Å². The van der Waals surface area contributed by atoms with Crippen LogP contribution in [-0.4, -0.2) is 82.7 Å². The maximum Gasteiger partial charge on any atom is 0.318 e. The van der Waals surface area contributed by atoms with E-state index in [1.54, 1.807) is 24.4 Å². The SMILES string of the molecule is C#Cc1cccc2cc(O)cc(-c3ncc4c(N5CC6CCC(C5)O6)nc(OC)nc4c3F)c12.FC1CC2CCCN2C1. The van der Waals surface area contributed by atoms with Gasteiger partial charge in [-0.15, -0.1) is 6.42 Å². The zero-order chi connectivity index (χ0) is 29.7. The summed E-state index contributed by atoms with van der Waals surface area (Å²) in [6, 6.07) is 9.13. The first-order valence-electron chi connectivity index (χ1n) is 14.8. The number of aromatic hydroxyl groups is 1. The molecule has 6 heterocycles. The fourth-order valence-electron chi connectivity index (χ4n) is 7.08. The summed E-state index contributed by atoms with van der Waals surface area (Å²) < 4.78 is 40.0. The molecule has 0 radical (unpaired) electrons. The lowest BCUT2D eigenvalue weighted by atomic mass is 9.96. The first-order chi connectivity index (χ1) is 20.9. The predicted molar refractivity (Wildman–Crippen MR) is 161 cm³/mol. The monoisotopic (exact) mass is 585 g/mol. The van der Waals surface area contributed by atoms with Gasteiger partial charge in [0, 0.05) is 48.4 Å². The Balaban J connectivity index is 0.000000283. The van der Waals surface area contributed by atoms with Gasteiger partial charge >= 0.3 is 6.01 Å². The Kier molecular flexibility index (Phi) is 7.23. The fourth-order valence-corrected chi connectivity index (χ4v) is 7.08. The number of phenolic OH excluding ortho intramolecular Hbond substituents is 1. The number of ether oxygens (including phenoxy) is 2. The lowest BCUT2D eigenvalue weighted by Crippen LogP contribution is -2.43. The summed E-state index contributed by atoms with van der Waals surface area (Å²) in [5.74, 6) is 2.58. The number of methoxy groups -OCH3 is 1. The summed E-state index contributed by atoms with van der Waals surface area (Å²) in [4.78, 5) is 17.7. The normalized spacial score (nSPS) is 24.6. The third kappa shape index (κ3) is 5.11. The third-order valence-corrected chi connectivity index (χ3v) is 9.00. The highest BCUT2D eigenvalue weighted by Crippen LogP contribution is 2.39. The number of pyridine rings is 1. The highest BCUT2D eigenvalue weighted by Gasteiger charge is 2.36.